The van der Waals surface area contributed by atoms with Crippen LogP contribution in [0.3, 0.4) is 0 Å². The molecule has 2 heterocycles. The number of benzene rings is 1. The lowest BCUT2D eigenvalue weighted by Crippen LogP contribution is -2.27. The van der Waals surface area contributed by atoms with Crippen molar-refractivity contribution in [3.8, 4) is 0 Å². The fraction of sp³-hybridized carbons (Fsp3) is 0.455. The zero-order chi connectivity index (χ0) is 21.5. The van der Waals surface area contributed by atoms with E-state index in [4.69, 9.17) is 33.0 Å². The molecule has 1 aromatic carbocycles. The van der Waals surface area contributed by atoms with Crippen LogP contribution in [0.5, 0.6) is 0 Å². The summed E-state index contributed by atoms with van der Waals surface area (Å²) in [4.78, 5) is 13.1. The summed E-state index contributed by atoms with van der Waals surface area (Å²) in [6, 6.07) is 5.51. The number of ether oxygens (including phenoxy) is 1. The Hall–Kier alpha value is -1.98. The molecule has 3 rings (SSSR count). The molecular formula is C22H27Cl2N3O2. The smallest absolute Gasteiger partial charge is 0.336 e. The van der Waals surface area contributed by atoms with Gasteiger partial charge in [-0.15, -0.1) is 0 Å². The van der Waals surface area contributed by atoms with E-state index in [2.05, 4.69) is 26.1 Å². The summed E-state index contributed by atoms with van der Waals surface area (Å²) in [5.41, 5.74) is 3.62. The van der Waals surface area contributed by atoms with Crippen molar-refractivity contribution in [1.82, 2.24) is 9.78 Å². The molecule has 29 heavy (non-hydrogen) atoms. The largest absolute Gasteiger partial charge is 0.462 e. The second-order valence-corrected chi connectivity index (χ2v) is 9.15. The van der Waals surface area contributed by atoms with E-state index >= 15 is 0 Å². The first-order chi connectivity index (χ1) is 13.6. The number of carbonyl (C=O) groups is 1. The van der Waals surface area contributed by atoms with Gasteiger partial charge in [0.05, 0.1) is 27.9 Å². The standard InChI is InChI=1S/C22H27Cl2N3O2/c1-7-11-29-21(28)15-12(2)25-20-17(19(22(3,4)5)26-27(20)6)16(15)13-9-8-10-14(23)18(13)24/h8-10,16,25H,7,11H2,1-6H3. The minimum absolute atomic E-state index is 0.236. The third-order valence-corrected chi connectivity index (χ3v) is 5.86. The highest BCUT2D eigenvalue weighted by molar-refractivity contribution is 6.42. The molecule has 0 fully saturated rings. The predicted octanol–water partition coefficient (Wildman–Crippen LogP) is 5.81. The summed E-state index contributed by atoms with van der Waals surface area (Å²) in [5.74, 6) is 0.0671. The van der Waals surface area contributed by atoms with E-state index in [1.165, 1.54) is 0 Å². The molecular weight excluding hydrogens is 409 g/mol. The molecule has 5 nitrogen and oxygen atoms in total. The predicted molar refractivity (Wildman–Crippen MR) is 118 cm³/mol. The van der Waals surface area contributed by atoms with Gasteiger partial charge in [-0.1, -0.05) is 63.0 Å². The number of hydrogen-bond donors (Lipinski definition) is 1. The third kappa shape index (κ3) is 3.90. The summed E-state index contributed by atoms with van der Waals surface area (Å²) in [6.07, 6.45) is 0.749. The van der Waals surface area contributed by atoms with Gasteiger partial charge in [0.15, 0.2) is 0 Å². The lowest BCUT2D eigenvalue weighted by atomic mass is 9.77. The number of hydrogen-bond acceptors (Lipinski definition) is 4. The van der Waals surface area contributed by atoms with Gasteiger partial charge in [0.2, 0.25) is 0 Å². The molecule has 1 N–H and O–H groups in total. The number of esters is 1. The van der Waals surface area contributed by atoms with Crippen LogP contribution in [-0.4, -0.2) is 22.4 Å². The van der Waals surface area contributed by atoms with E-state index in [0.29, 0.717) is 22.2 Å². The summed E-state index contributed by atoms with van der Waals surface area (Å²) >= 11 is 13.0. The van der Waals surface area contributed by atoms with Gasteiger partial charge >= 0.3 is 5.97 Å². The number of anilines is 1. The number of aromatic nitrogens is 2. The lowest BCUT2D eigenvalue weighted by Gasteiger charge is -2.31. The van der Waals surface area contributed by atoms with Gasteiger partial charge in [-0.3, -0.25) is 4.68 Å². The van der Waals surface area contributed by atoms with Crippen LogP contribution in [0.25, 0.3) is 0 Å². The monoisotopic (exact) mass is 435 g/mol. The number of halogens is 2. The van der Waals surface area contributed by atoms with Crippen LogP contribution in [0.2, 0.25) is 10.0 Å². The zero-order valence-electron chi connectivity index (χ0n) is 17.7. The Balaban J connectivity index is 2.32. The molecule has 1 unspecified atom stereocenters. The number of carbonyl (C=O) groups excluding carboxylic acids is 1. The van der Waals surface area contributed by atoms with Crippen LogP contribution >= 0.6 is 23.2 Å². The van der Waals surface area contributed by atoms with Crippen molar-refractivity contribution in [2.24, 2.45) is 7.05 Å². The Morgan fingerprint density at radius 1 is 1.31 bits per heavy atom. The lowest BCUT2D eigenvalue weighted by molar-refractivity contribution is -0.139. The first kappa shape index (κ1) is 21.7. The fourth-order valence-corrected chi connectivity index (χ4v) is 4.14. The minimum atomic E-state index is -0.426. The molecule has 2 aromatic rings. The Kier molecular flexibility index (Phi) is 6.02. The van der Waals surface area contributed by atoms with Crippen molar-refractivity contribution in [2.45, 2.75) is 52.4 Å². The van der Waals surface area contributed by atoms with Crippen molar-refractivity contribution in [3.05, 3.63) is 56.3 Å². The average molecular weight is 436 g/mol. The Bertz CT molecular complexity index is 987. The van der Waals surface area contributed by atoms with Gasteiger partial charge in [0.25, 0.3) is 0 Å². The highest BCUT2D eigenvalue weighted by Gasteiger charge is 2.40. The van der Waals surface area contributed by atoms with E-state index in [-0.39, 0.29) is 11.4 Å². The number of nitrogens with zero attached hydrogens (tertiary/aromatic N) is 2. The van der Waals surface area contributed by atoms with Crippen molar-refractivity contribution in [2.75, 3.05) is 11.9 Å². The molecule has 0 saturated heterocycles. The van der Waals surface area contributed by atoms with E-state index in [0.717, 1.165) is 34.8 Å². The van der Waals surface area contributed by atoms with E-state index < -0.39 is 5.92 Å². The number of aryl methyl sites for hydroxylation is 1. The maximum Gasteiger partial charge on any atom is 0.336 e. The first-order valence-electron chi connectivity index (χ1n) is 9.74. The first-order valence-corrected chi connectivity index (χ1v) is 10.5. The van der Waals surface area contributed by atoms with Crippen LogP contribution in [0, 0.1) is 0 Å². The van der Waals surface area contributed by atoms with Crippen LogP contribution in [0.15, 0.2) is 29.5 Å². The maximum absolute atomic E-state index is 13.1. The molecule has 1 aromatic heterocycles. The Morgan fingerprint density at radius 3 is 2.62 bits per heavy atom. The third-order valence-electron chi connectivity index (χ3n) is 5.03. The van der Waals surface area contributed by atoms with Crippen LogP contribution in [-0.2, 0) is 22.0 Å². The van der Waals surface area contributed by atoms with Gasteiger partial charge in [0, 0.05) is 29.6 Å². The average Bonchev–Trinajstić information content (AvgIpc) is 2.98. The SMILES string of the molecule is CCCOC(=O)C1=C(C)Nc2c(c(C(C)(C)C)nn2C)C1c1cccc(Cl)c1Cl. The van der Waals surface area contributed by atoms with Gasteiger partial charge in [-0.25, -0.2) is 4.79 Å². The van der Waals surface area contributed by atoms with E-state index in [1.54, 1.807) is 6.07 Å². The molecule has 0 aliphatic carbocycles. The summed E-state index contributed by atoms with van der Waals surface area (Å²) < 4.78 is 7.35. The maximum atomic E-state index is 13.1. The van der Waals surface area contributed by atoms with Crippen molar-refractivity contribution < 1.29 is 9.53 Å². The second-order valence-electron chi connectivity index (χ2n) is 8.36. The number of allylic oxidation sites excluding steroid dienone is 1. The van der Waals surface area contributed by atoms with Gasteiger partial charge < -0.3 is 10.1 Å². The highest BCUT2D eigenvalue weighted by Crippen LogP contribution is 2.48. The summed E-state index contributed by atoms with van der Waals surface area (Å²) in [7, 11) is 1.89. The number of fused-ring (bicyclic) bond motifs is 1. The molecule has 1 aliphatic heterocycles. The fourth-order valence-electron chi connectivity index (χ4n) is 3.72. The van der Waals surface area contributed by atoms with Gasteiger partial charge in [0.1, 0.15) is 5.82 Å². The highest BCUT2D eigenvalue weighted by atomic mass is 35.5. The topological polar surface area (TPSA) is 56.1 Å². The van der Waals surface area contributed by atoms with Crippen molar-refractivity contribution >= 4 is 35.0 Å². The van der Waals surface area contributed by atoms with Crippen LogP contribution in [0.1, 0.15) is 63.8 Å². The van der Waals surface area contributed by atoms with E-state index in [1.807, 2.05) is 37.7 Å². The molecule has 156 valence electrons. The molecule has 0 radical (unpaired) electrons. The van der Waals surface area contributed by atoms with Crippen LogP contribution < -0.4 is 5.32 Å². The summed E-state index contributed by atoms with van der Waals surface area (Å²) in [5, 5.41) is 9.03. The summed E-state index contributed by atoms with van der Waals surface area (Å²) in [6.45, 7) is 10.5. The molecule has 7 heteroatoms. The quantitative estimate of drug-likeness (QED) is 0.615. The number of rotatable bonds is 4. The molecule has 1 atom stereocenters. The molecule has 0 bridgehead atoms. The molecule has 0 amide bonds. The van der Waals surface area contributed by atoms with E-state index in [9.17, 15) is 4.79 Å². The zero-order valence-corrected chi connectivity index (χ0v) is 19.2. The molecule has 0 saturated carbocycles. The van der Waals surface area contributed by atoms with Gasteiger partial charge in [-0.05, 0) is 25.0 Å². The minimum Gasteiger partial charge on any atom is -0.462 e. The van der Waals surface area contributed by atoms with Crippen LogP contribution in [0.4, 0.5) is 5.82 Å². The normalized spacial score (nSPS) is 16.5. The number of nitrogens with one attached hydrogen (secondary N) is 1. The van der Waals surface area contributed by atoms with Crippen molar-refractivity contribution in [1.29, 1.82) is 0 Å². The molecule has 0 spiro atoms. The van der Waals surface area contributed by atoms with Gasteiger partial charge in [-0.2, -0.15) is 5.10 Å². The Labute approximate surface area is 182 Å². The van der Waals surface area contributed by atoms with Crippen molar-refractivity contribution in [3.63, 3.8) is 0 Å². The molecule has 1 aliphatic rings. The second kappa shape index (κ2) is 8.04. The Morgan fingerprint density at radius 2 is 2.00 bits per heavy atom.